The molecule has 0 saturated carbocycles. The fourth-order valence-corrected chi connectivity index (χ4v) is 0.997. The number of hydrogen-bond donors (Lipinski definition) is 0. The standard InChI is InChI=1S/C9H8.W/c1-2-6-9-7-4-3-5-8-9;/h1-8H;/b6-2-;. The Bertz CT molecular complexity index is 224. The van der Waals surface area contributed by atoms with E-state index in [1.54, 1.807) is 0 Å². The van der Waals surface area contributed by atoms with Crippen LogP contribution >= 0.6 is 0 Å². The molecule has 0 N–H and O–H groups in total. The van der Waals surface area contributed by atoms with Crippen molar-refractivity contribution in [2.45, 2.75) is 0 Å². The van der Waals surface area contributed by atoms with Gasteiger partial charge in [-0.2, -0.15) is 0 Å². The summed E-state index contributed by atoms with van der Waals surface area (Å²) in [5, 5.41) is 0. The van der Waals surface area contributed by atoms with Gasteiger partial charge in [-0.25, -0.2) is 0 Å². The Labute approximate surface area is 72.0 Å². The molecule has 1 aromatic rings. The van der Waals surface area contributed by atoms with Gasteiger partial charge in [0.15, 0.2) is 0 Å². The van der Waals surface area contributed by atoms with Crippen molar-refractivity contribution in [3.05, 3.63) is 42.0 Å². The van der Waals surface area contributed by atoms with Crippen molar-refractivity contribution < 1.29 is 19.4 Å². The molecular formula is C9H8W. The Balaban J connectivity index is 2.76. The van der Waals surface area contributed by atoms with Gasteiger partial charge >= 0.3 is 71.8 Å². The molecule has 0 atom stereocenters. The molecule has 50 valence electrons. The second-order valence-corrected chi connectivity index (χ2v) is 2.88. The molecule has 0 nitrogen and oxygen atoms in total. The molecule has 0 amide bonds. The van der Waals surface area contributed by atoms with Crippen molar-refractivity contribution in [2.75, 3.05) is 0 Å². The summed E-state index contributed by atoms with van der Waals surface area (Å²) < 4.78 is 2.10. The van der Waals surface area contributed by atoms with Crippen LogP contribution in [0.3, 0.4) is 0 Å². The summed E-state index contributed by atoms with van der Waals surface area (Å²) in [5.74, 6) is 0. The molecule has 1 aromatic carbocycles. The van der Waals surface area contributed by atoms with Crippen molar-refractivity contribution in [3.8, 4) is 0 Å². The summed E-state index contributed by atoms with van der Waals surface area (Å²) in [7, 11) is 0. The monoisotopic (exact) mass is 300 g/mol. The molecule has 0 fully saturated rings. The molecule has 1 heteroatoms. The summed E-state index contributed by atoms with van der Waals surface area (Å²) in [6.07, 6.45) is 4.18. The first-order valence-corrected chi connectivity index (χ1v) is 4.80. The van der Waals surface area contributed by atoms with E-state index in [1.165, 1.54) is 24.9 Å². The number of benzene rings is 1. The third-order valence-electron chi connectivity index (χ3n) is 1.17. The predicted molar refractivity (Wildman–Crippen MR) is 41.5 cm³/mol. The Kier molecular flexibility index (Phi) is 3.32. The Hall–Kier alpha value is -0.482. The van der Waals surface area contributed by atoms with Crippen molar-refractivity contribution in [1.82, 2.24) is 0 Å². The molecule has 10 heavy (non-hydrogen) atoms. The van der Waals surface area contributed by atoms with E-state index < -0.39 is 0 Å². The van der Waals surface area contributed by atoms with Gasteiger partial charge in [-0.1, -0.05) is 0 Å². The van der Waals surface area contributed by atoms with Crippen LogP contribution in [0.1, 0.15) is 5.56 Å². The molecule has 1 rings (SSSR count). The summed E-state index contributed by atoms with van der Waals surface area (Å²) in [6.45, 7) is 0. The van der Waals surface area contributed by atoms with Crippen LogP contribution in [0.2, 0.25) is 0 Å². The van der Waals surface area contributed by atoms with Crippen LogP contribution in [-0.2, 0) is 19.4 Å². The van der Waals surface area contributed by atoms with E-state index >= 15 is 0 Å². The molecule has 0 bridgehead atoms. The van der Waals surface area contributed by atoms with Crippen LogP contribution in [0, 0.1) is 0 Å². The van der Waals surface area contributed by atoms with E-state index in [2.05, 4.69) is 28.7 Å². The molecule has 0 heterocycles. The summed E-state index contributed by atoms with van der Waals surface area (Å²) in [5.41, 5.74) is 1.26. The topological polar surface area (TPSA) is 0 Å². The molecule has 0 aromatic heterocycles. The van der Waals surface area contributed by atoms with Crippen molar-refractivity contribution in [3.63, 3.8) is 0 Å². The Morgan fingerprint density at radius 3 is 2.40 bits per heavy atom. The Morgan fingerprint density at radius 1 is 1.10 bits per heavy atom. The maximum atomic E-state index is 2.10. The number of rotatable bonds is 2. The minimum absolute atomic E-state index is 1.26. The summed E-state index contributed by atoms with van der Waals surface area (Å²) >= 11 is 1.49. The molecule has 0 unspecified atom stereocenters. The molecular weight excluding hydrogens is 292 g/mol. The molecule has 0 aliphatic rings. The van der Waals surface area contributed by atoms with Gasteiger partial charge in [0.25, 0.3) is 0 Å². The van der Waals surface area contributed by atoms with Gasteiger partial charge in [0, 0.05) is 0 Å². The number of allylic oxidation sites excluding steroid dienone is 1. The first kappa shape index (κ1) is 7.62. The quantitative estimate of drug-likeness (QED) is 0.784. The fraction of sp³-hybridized carbons (Fsp3) is 0. The van der Waals surface area contributed by atoms with Gasteiger partial charge < -0.3 is 0 Å². The van der Waals surface area contributed by atoms with Gasteiger partial charge in [0.1, 0.15) is 0 Å². The molecule has 0 radical (unpaired) electrons. The van der Waals surface area contributed by atoms with Crippen LogP contribution < -0.4 is 0 Å². The van der Waals surface area contributed by atoms with Crippen LogP contribution in [0.25, 0.3) is 6.08 Å². The van der Waals surface area contributed by atoms with E-state index in [9.17, 15) is 0 Å². The summed E-state index contributed by atoms with van der Waals surface area (Å²) in [4.78, 5) is 0. The molecule has 0 saturated heterocycles. The van der Waals surface area contributed by atoms with Crippen LogP contribution in [0.5, 0.6) is 0 Å². The third-order valence-corrected chi connectivity index (χ3v) is 1.73. The van der Waals surface area contributed by atoms with E-state index in [0.29, 0.717) is 0 Å². The second-order valence-electron chi connectivity index (χ2n) is 1.91. The predicted octanol–water partition coefficient (Wildman–Crippen LogP) is 2.05. The zero-order chi connectivity index (χ0) is 7.23. The molecule has 0 aliphatic carbocycles. The van der Waals surface area contributed by atoms with E-state index in [0.717, 1.165) is 0 Å². The zero-order valence-electron chi connectivity index (χ0n) is 5.53. The van der Waals surface area contributed by atoms with E-state index in [1.807, 2.05) is 18.2 Å². The van der Waals surface area contributed by atoms with Gasteiger partial charge in [-0.05, 0) is 0 Å². The van der Waals surface area contributed by atoms with Crippen molar-refractivity contribution in [2.24, 2.45) is 0 Å². The SMILES string of the molecule is [W]=[CH]/C=C\c1ccccc1. The van der Waals surface area contributed by atoms with E-state index in [4.69, 9.17) is 0 Å². The van der Waals surface area contributed by atoms with Crippen molar-refractivity contribution >= 4 is 10.5 Å². The first-order valence-electron chi connectivity index (χ1n) is 3.10. The molecule has 0 spiro atoms. The van der Waals surface area contributed by atoms with Crippen LogP contribution in [-0.4, -0.2) is 4.40 Å². The Morgan fingerprint density at radius 2 is 1.80 bits per heavy atom. The second kappa shape index (κ2) is 4.35. The average Bonchev–Trinajstić information content (AvgIpc) is 2.03. The minimum atomic E-state index is 1.26. The third kappa shape index (κ3) is 2.41. The summed E-state index contributed by atoms with van der Waals surface area (Å²) in [6, 6.07) is 10.3. The zero-order valence-corrected chi connectivity index (χ0v) is 8.46. The van der Waals surface area contributed by atoms with Crippen LogP contribution in [0.4, 0.5) is 0 Å². The first-order chi connectivity index (χ1) is 4.93. The fourth-order valence-electron chi connectivity index (χ4n) is 0.715. The van der Waals surface area contributed by atoms with E-state index in [-0.39, 0.29) is 0 Å². The maximum absolute atomic E-state index is 2.10. The molecule has 0 aliphatic heterocycles. The van der Waals surface area contributed by atoms with Gasteiger partial charge in [0.05, 0.1) is 0 Å². The number of hydrogen-bond acceptors (Lipinski definition) is 0. The van der Waals surface area contributed by atoms with Gasteiger partial charge in [0.2, 0.25) is 0 Å². The van der Waals surface area contributed by atoms with Crippen molar-refractivity contribution in [1.29, 1.82) is 0 Å². The van der Waals surface area contributed by atoms with Gasteiger partial charge in [-0.15, -0.1) is 0 Å². The van der Waals surface area contributed by atoms with Gasteiger partial charge in [-0.3, -0.25) is 0 Å². The van der Waals surface area contributed by atoms with Crippen LogP contribution in [0.15, 0.2) is 36.4 Å². The normalized spacial score (nSPS) is 10.0. The average molecular weight is 300 g/mol.